The Morgan fingerprint density at radius 3 is 2.31 bits per heavy atom. The number of hydrogen-bond acceptors (Lipinski definition) is 8. The Balaban J connectivity index is 1.82. The van der Waals surface area contributed by atoms with Gasteiger partial charge in [-0.3, -0.25) is 9.88 Å². The number of aromatic nitrogens is 4. The second-order valence-electron chi connectivity index (χ2n) is 8.34. The van der Waals surface area contributed by atoms with Crippen molar-refractivity contribution in [1.82, 2.24) is 24.8 Å². The molecule has 2 aromatic heterocycles. The molecule has 0 saturated heterocycles. The fourth-order valence-corrected chi connectivity index (χ4v) is 3.84. The average Bonchev–Trinajstić information content (AvgIpc) is 2.77. The minimum Gasteiger partial charge on any atom is -0.353 e. The van der Waals surface area contributed by atoms with E-state index >= 15 is 0 Å². The number of rotatable bonds is 11. The van der Waals surface area contributed by atoms with Gasteiger partial charge in [0.1, 0.15) is 0 Å². The van der Waals surface area contributed by atoms with Crippen LogP contribution >= 0.6 is 0 Å². The molecule has 0 bridgehead atoms. The highest BCUT2D eigenvalue weighted by Gasteiger charge is 2.15. The van der Waals surface area contributed by atoms with Crippen LogP contribution in [0.2, 0.25) is 0 Å². The van der Waals surface area contributed by atoms with Gasteiger partial charge in [-0.25, -0.2) is 0 Å². The van der Waals surface area contributed by atoms with Crippen LogP contribution in [-0.4, -0.2) is 63.1 Å². The van der Waals surface area contributed by atoms with Crippen molar-refractivity contribution >= 4 is 34.4 Å². The highest BCUT2D eigenvalue weighted by atomic mass is 15.3. The highest BCUT2D eigenvalue weighted by molar-refractivity contribution is 5.82. The van der Waals surface area contributed by atoms with Crippen LogP contribution in [0.1, 0.15) is 41.5 Å². The molecule has 3 aromatic rings. The van der Waals surface area contributed by atoms with Gasteiger partial charge in [-0.2, -0.15) is 15.0 Å². The summed E-state index contributed by atoms with van der Waals surface area (Å²) >= 11 is 0. The van der Waals surface area contributed by atoms with Crippen molar-refractivity contribution in [2.24, 2.45) is 0 Å². The first-order valence-electron chi connectivity index (χ1n) is 11.5. The Hall–Kier alpha value is -3.00. The van der Waals surface area contributed by atoms with Crippen LogP contribution in [-0.2, 0) is 0 Å². The molecule has 2 N–H and O–H groups in total. The van der Waals surface area contributed by atoms with E-state index in [2.05, 4.69) is 88.0 Å². The summed E-state index contributed by atoms with van der Waals surface area (Å²) in [6.07, 6.45) is 1.80. The summed E-state index contributed by atoms with van der Waals surface area (Å²) in [5.74, 6) is 1.78. The van der Waals surface area contributed by atoms with Gasteiger partial charge in [0.2, 0.25) is 17.8 Å². The van der Waals surface area contributed by atoms with Gasteiger partial charge in [-0.05, 0) is 65.8 Å². The molecular weight excluding hydrogens is 400 g/mol. The van der Waals surface area contributed by atoms with Crippen LogP contribution in [0.25, 0.3) is 10.9 Å². The third kappa shape index (κ3) is 6.03. The molecule has 0 radical (unpaired) electrons. The molecule has 172 valence electrons. The summed E-state index contributed by atoms with van der Waals surface area (Å²) in [7, 11) is 0. The van der Waals surface area contributed by atoms with Gasteiger partial charge in [-0.1, -0.05) is 6.07 Å². The Kier molecular flexibility index (Phi) is 8.16. The summed E-state index contributed by atoms with van der Waals surface area (Å²) < 4.78 is 0. The topological polar surface area (TPSA) is 82.1 Å². The number of fused-ring (bicyclic) bond motifs is 1. The molecule has 0 aliphatic rings. The van der Waals surface area contributed by atoms with Crippen LogP contribution in [0.3, 0.4) is 0 Å². The number of benzene rings is 1. The largest absolute Gasteiger partial charge is 0.353 e. The van der Waals surface area contributed by atoms with Gasteiger partial charge in [-0.15, -0.1) is 0 Å². The van der Waals surface area contributed by atoms with Crippen LogP contribution in [0.5, 0.6) is 0 Å². The minimum atomic E-state index is 0.487. The average molecular weight is 437 g/mol. The van der Waals surface area contributed by atoms with E-state index in [1.54, 1.807) is 6.20 Å². The molecule has 0 unspecified atom stereocenters. The molecule has 0 fully saturated rings. The molecule has 0 spiro atoms. The van der Waals surface area contributed by atoms with Gasteiger partial charge < -0.3 is 15.5 Å². The van der Waals surface area contributed by atoms with E-state index in [1.807, 2.05) is 24.3 Å². The molecular formula is C24H36N8. The highest BCUT2D eigenvalue weighted by Crippen LogP contribution is 2.21. The maximum absolute atomic E-state index is 4.68. The molecule has 2 heterocycles. The van der Waals surface area contributed by atoms with E-state index in [4.69, 9.17) is 0 Å². The molecule has 0 atom stereocenters. The van der Waals surface area contributed by atoms with Crippen LogP contribution in [0.4, 0.5) is 23.5 Å². The second-order valence-corrected chi connectivity index (χ2v) is 8.34. The van der Waals surface area contributed by atoms with Crippen LogP contribution in [0.15, 0.2) is 36.5 Å². The van der Waals surface area contributed by atoms with E-state index in [0.717, 1.165) is 42.8 Å². The maximum Gasteiger partial charge on any atom is 0.233 e. The summed E-state index contributed by atoms with van der Waals surface area (Å²) in [6, 6.07) is 11.0. The number of hydrogen-bond donors (Lipinski definition) is 2. The van der Waals surface area contributed by atoms with Gasteiger partial charge in [0.15, 0.2) is 0 Å². The number of pyridine rings is 1. The molecule has 1 aromatic carbocycles. The Morgan fingerprint density at radius 1 is 0.906 bits per heavy atom. The summed E-state index contributed by atoms with van der Waals surface area (Å²) in [6.45, 7) is 16.4. The predicted molar refractivity (Wildman–Crippen MR) is 134 cm³/mol. The van der Waals surface area contributed by atoms with E-state index in [9.17, 15) is 0 Å². The Morgan fingerprint density at radius 2 is 1.62 bits per heavy atom. The first-order chi connectivity index (χ1) is 15.4. The quantitative estimate of drug-likeness (QED) is 0.453. The second kappa shape index (κ2) is 11.0. The Bertz CT molecular complexity index is 992. The fraction of sp³-hybridized carbons (Fsp3) is 0.500. The molecule has 0 amide bonds. The molecule has 32 heavy (non-hydrogen) atoms. The van der Waals surface area contributed by atoms with Crippen molar-refractivity contribution in [2.45, 2.75) is 53.6 Å². The van der Waals surface area contributed by atoms with Crippen molar-refractivity contribution in [3.63, 3.8) is 0 Å². The van der Waals surface area contributed by atoms with Gasteiger partial charge in [0.05, 0.1) is 5.52 Å². The molecule has 0 aliphatic heterocycles. The van der Waals surface area contributed by atoms with Crippen molar-refractivity contribution in [1.29, 1.82) is 0 Å². The Labute approximate surface area is 191 Å². The zero-order valence-corrected chi connectivity index (χ0v) is 20.1. The summed E-state index contributed by atoms with van der Waals surface area (Å²) in [5, 5.41) is 7.82. The molecule has 0 saturated carbocycles. The third-order valence-electron chi connectivity index (χ3n) is 5.51. The van der Waals surface area contributed by atoms with E-state index in [-0.39, 0.29) is 0 Å². The van der Waals surface area contributed by atoms with Crippen molar-refractivity contribution < 1.29 is 0 Å². The first kappa shape index (κ1) is 23.7. The number of nitrogens with one attached hydrogen (secondary N) is 2. The standard InChI is InChI=1S/C24H36N8/c1-7-31(8-2)24-29-22(26-14-15-32(17(3)4)18(5)6)28-23(30-24)27-20-11-12-21-19(16-20)10-9-13-25-21/h9-13,16-18H,7-8,14-15H2,1-6H3,(H2,26,27,28,29,30). The molecule has 0 aliphatic carbocycles. The number of anilines is 4. The lowest BCUT2D eigenvalue weighted by molar-refractivity contribution is 0.182. The van der Waals surface area contributed by atoms with Crippen LogP contribution < -0.4 is 15.5 Å². The van der Waals surface area contributed by atoms with E-state index in [1.165, 1.54) is 0 Å². The lowest BCUT2D eigenvalue weighted by atomic mass is 10.2. The third-order valence-corrected chi connectivity index (χ3v) is 5.51. The SMILES string of the molecule is CCN(CC)c1nc(NCCN(C(C)C)C(C)C)nc(Nc2ccc3ncccc3c2)n1. The number of nitrogens with zero attached hydrogens (tertiary/aromatic N) is 6. The molecule has 3 rings (SSSR count). The lowest BCUT2D eigenvalue weighted by Gasteiger charge is -2.30. The van der Waals surface area contributed by atoms with Crippen molar-refractivity contribution in [3.8, 4) is 0 Å². The van der Waals surface area contributed by atoms with Crippen LogP contribution in [0, 0.1) is 0 Å². The minimum absolute atomic E-state index is 0.487. The maximum atomic E-state index is 4.68. The van der Waals surface area contributed by atoms with E-state index in [0.29, 0.717) is 29.9 Å². The van der Waals surface area contributed by atoms with Gasteiger partial charge in [0, 0.05) is 55.5 Å². The van der Waals surface area contributed by atoms with Gasteiger partial charge >= 0.3 is 0 Å². The zero-order valence-electron chi connectivity index (χ0n) is 20.1. The molecule has 8 nitrogen and oxygen atoms in total. The van der Waals surface area contributed by atoms with Crippen molar-refractivity contribution in [2.75, 3.05) is 41.7 Å². The lowest BCUT2D eigenvalue weighted by Crippen LogP contribution is -2.40. The van der Waals surface area contributed by atoms with E-state index < -0.39 is 0 Å². The smallest absolute Gasteiger partial charge is 0.233 e. The summed E-state index contributed by atoms with van der Waals surface area (Å²) in [5.41, 5.74) is 1.87. The van der Waals surface area contributed by atoms with Crippen molar-refractivity contribution in [3.05, 3.63) is 36.5 Å². The summed E-state index contributed by atoms with van der Waals surface area (Å²) in [4.78, 5) is 22.9. The van der Waals surface area contributed by atoms with Gasteiger partial charge in [0.25, 0.3) is 0 Å². The zero-order chi connectivity index (χ0) is 23.1. The predicted octanol–water partition coefficient (Wildman–Crippen LogP) is 4.54. The molecule has 8 heteroatoms. The monoisotopic (exact) mass is 436 g/mol. The first-order valence-corrected chi connectivity index (χ1v) is 11.5. The fourth-order valence-electron chi connectivity index (χ4n) is 3.84. The normalized spacial score (nSPS) is 11.5.